The van der Waals surface area contributed by atoms with Crippen molar-refractivity contribution in [3.8, 4) is 0 Å². The molecule has 0 unspecified atom stereocenters. The van der Waals surface area contributed by atoms with Gasteiger partial charge in [0, 0.05) is 37.7 Å². The maximum Gasteiger partial charge on any atom is 0.254 e. The van der Waals surface area contributed by atoms with Gasteiger partial charge in [-0.25, -0.2) is 5.43 Å². The van der Waals surface area contributed by atoms with Gasteiger partial charge in [0.2, 0.25) is 0 Å². The van der Waals surface area contributed by atoms with Crippen molar-refractivity contribution in [2.75, 3.05) is 32.7 Å². The lowest BCUT2D eigenvalue weighted by molar-refractivity contribution is -0.122. The highest BCUT2D eigenvalue weighted by molar-refractivity contribution is 6.30. The summed E-state index contributed by atoms with van der Waals surface area (Å²) in [6.07, 6.45) is 1.60. The Bertz CT molecular complexity index is 783. The molecule has 0 spiro atoms. The number of hydrogen-bond acceptors (Lipinski definition) is 4. The highest BCUT2D eigenvalue weighted by Gasteiger charge is 2.18. The molecule has 1 saturated heterocycles. The summed E-state index contributed by atoms with van der Waals surface area (Å²) in [5.74, 6) is -0.0970. The molecule has 142 valence electrons. The van der Waals surface area contributed by atoms with Crippen molar-refractivity contribution < 1.29 is 4.79 Å². The number of carbonyl (C=O) groups is 1. The van der Waals surface area contributed by atoms with Crippen LogP contribution in [-0.2, 0) is 11.3 Å². The molecule has 1 aliphatic heterocycles. The van der Waals surface area contributed by atoms with Gasteiger partial charge in [0.25, 0.3) is 5.91 Å². The molecule has 0 aliphatic carbocycles. The quantitative estimate of drug-likeness (QED) is 0.615. The molecule has 0 atom stereocenters. The molecule has 1 heterocycles. The molecular weight excluding hydrogens is 360 g/mol. The van der Waals surface area contributed by atoms with Crippen molar-refractivity contribution in [3.63, 3.8) is 0 Å². The Morgan fingerprint density at radius 1 is 1.11 bits per heavy atom. The van der Waals surface area contributed by atoms with Crippen LogP contribution < -0.4 is 5.43 Å². The first kappa shape index (κ1) is 19.5. The van der Waals surface area contributed by atoms with Gasteiger partial charge in [-0.15, -0.1) is 0 Å². The van der Waals surface area contributed by atoms with Crippen LogP contribution in [0.2, 0.25) is 5.02 Å². The van der Waals surface area contributed by atoms with Crippen molar-refractivity contribution in [3.05, 3.63) is 70.2 Å². The van der Waals surface area contributed by atoms with Gasteiger partial charge in [-0.3, -0.25) is 14.6 Å². The van der Waals surface area contributed by atoms with Crippen LogP contribution in [0.4, 0.5) is 0 Å². The summed E-state index contributed by atoms with van der Waals surface area (Å²) in [5, 5.41) is 4.65. The molecule has 6 heteroatoms. The number of nitrogens with one attached hydrogen (secondary N) is 1. The zero-order valence-corrected chi connectivity index (χ0v) is 16.3. The largest absolute Gasteiger partial charge is 0.297 e. The first-order valence-electron chi connectivity index (χ1n) is 9.16. The minimum absolute atomic E-state index is 0.0970. The molecule has 0 saturated carbocycles. The van der Waals surface area contributed by atoms with Crippen LogP contribution in [0, 0.1) is 6.92 Å². The summed E-state index contributed by atoms with van der Waals surface area (Å²) < 4.78 is 0. The monoisotopic (exact) mass is 384 g/mol. The lowest BCUT2D eigenvalue weighted by Gasteiger charge is -2.34. The first-order valence-corrected chi connectivity index (χ1v) is 9.54. The van der Waals surface area contributed by atoms with E-state index < -0.39 is 0 Å². The third kappa shape index (κ3) is 6.47. The molecule has 2 aromatic carbocycles. The number of amides is 1. The molecule has 1 N–H and O–H groups in total. The Morgan fingerprint density at radius 3 is 2.52 bits per heavy atom. The Kier molecular flexibility index (Phi) is 6.98. The van der Waals surface area contributed by atoms with E-state index in [-0.39, 0.29) is 5.91 Å². The molecule has 1 amide bonds. The lowest BCUT2D eigenvalue weighted by Crippen LogP contribution is -2.48. The summed E-state index contributed by atoms with van der Waals surface area (Å²) in [6, 6.07) is 16.0. The van der Waals surface area contributed by atoms with Crippen LogP contribution in [0.3, 0.4) is 0 Å². The van der Waals surface area contributed by atoms with Gasteiger partial charge in [-0.1, -0.05) is 53.6 Å². The number of rotatable bonds is 6. The lowest BCUT2D eigenvalue weighted by atomic mass is 10.1. The van der Waals surface area contributed by atoms with Gasteiger partial charge in [0.1, 0.15) is 0 Å². The van der Waals surface area contributed by atoms with Crippen molar-refractivity contribution in [1.29, 1.82) is 0 Å². The predicted molar refractivity (Wildman–Crippen MR) is 110 cm³/mol. The second-order valence-electron chi connectivity index (χ2n) is 6.89. The van der Waals surface area contributed by atoms with E-state index in [2.05, 4.69) is 51.5 Å². The molecule has 27 heavy (non-hydrogen) atoms. The standard InChI is InChI=1S/C21H25ClN4O/c1-17-5-7-18(8-6-17)15-25-9-11-26(12-10-25)16-21(27)24-23-14-19-3-2-4-20(22)13-19/h2-8,13-14H,9-12,15-16H2,1H3,(H,24,27)/b23-14-. The Labute approximate surface area is 165 Å². The molecule has 2 aromatic rings. The molecule has 0 aromatic heterocycles. The maximum atomic E-state index is 12.1. The fraction of sp³-hybridized carbons (Fsp3) is 0.333. The molecule has 1 aliphatic rings. The minimum atomic E-state index is -0.0970. The zero-order valence-electron chi connectivity index (χ0n) is 15.6. The van der Waals surface area contributed by atoms with E-state index in [1.54, 1.807) is 18.3 Å². The number of benzene rings is 2. The van der Waals surface area contributed by atoms with Crippen molar-refractivity contribution in [1.82, 2.24) is 15.2 Å². The number of carbonyl (C=O) groups excluding carboxylic acids is 1. The second kappa shape index (κ2) is 9.65. The fourth-order valence-electron chi connectivity index (χ4n) is 3.06. The van der Waals surface area contributed by atoms with Gasteiger partial charge >= 0.3 is 0 Å². The van der Waals surface area contributed by atoms with Crippen LogP contribution >= 0.6 is 11.6 Å². The van der Waals surface area contributed by atoms with E-state index in [0.29, 0.717) is 11.6 Å². The second-order valence-corrected chi connectivity index (χ2v) is 7.32. The Balaban J connectivity index is 1.38. The van der Waals surface area contributed by atoms with Crippen molar-refractivity contribution in [2.45, 2.75) is 13.5 Å². The normalized spacial score (nSPS) is 15.9. The van der Waals surface area contributed by atoms with E-state index in [0.717, 1.165) is 38.3 Å². The molecule has 0 bridgehead atoms. The van der Waals surface area contributed by atoms with Crippen LogP contribution in [-0.4, -0.2) is 54.6 Å². The Hall–Kier alpha value is -2.21. The van der Waals surface area contributed by atoms with Gasteiger partial charge in [0.05, 0.1) is 12.8 Å². The average molecular weight is 385 g/mol. The van der Waals surface area contributed by atoms with E-state index in [1.807, 2.05) is 12.1 Å². The van der Waals surface area contributed by atoms with Gasteiger partial charge in [-0.05, 0) is 30.2 Å². The fourth-order valence-corrected chi connectivity index (χ4v) is 3.26. The smallest absolute Gasteiger partial charge is 0.254 e. The number of piperazine rings is 1. The summed E-state index contributed by atoms with van der Waals surface area (Å²) in [4.78, 5) is 16.7. The number of hydrazone groups is 1. The summed E-state index contributed by atoms with van der Waals surface area (Å²) in [5.41, 5.74) is 6.06. The van der Waals surface area contributed by atoms with Gasteiger partial charge in [0.15, 0.2) is 0 Å². The molecule has 0 radical (unpaired) electrons. The van der Waals surface area contributed by atoms with Gasteiger partial charge in [-0.2, -0.15) is 5.10 Å². The zero-order chi connectivity index (χ0) is 19.1. The predicted octanol–water partition coefficient (Wildman–Crippen LogP) is 2.92. The van der Waals surface area contributed by atoms with Crippen LogP contribution in [0.15, 0.2) is 53.6 Å². The van der Waals surface area contributed by atoms with Crippen molar-refractivity contribution >= 4 is 23.7 Å². The van der Waals surface area contributed by atoms with Crippen LogP contribution in [0.25, 0.3) is 0 Å². The minimum Gasteiger partial charge on any atom is -0.297 e. The van der Waals surface area contributed by atoms with E-state index in [9.17, 15) is 4.79 Å². The topological polar surface area (TPSA) is 47.9 Å². The van der Waals surface area contributed by atoms with Crippen LogP contribution in [0.5, 0.6) is 0 Å². The average Bonchev–Trinajstić information content (AvgIpc) is 2.65. The molecule has 1 fully saturated rings. The van der Waals surface area contributed by atoms with Crippen LogP contribution in [0.1, 0.15) is 16.7 Å². The highest BCUT2D eigenvalue weighted by atomic mass is 35.5. The number of hydrogen-bond donors (Lipinski definition) is 1. The third-order valence-corrected chi connectivity index (χ3v) is 4.85. The van der Waals surface area contributed by atoms with E-state index in [4.69, 9.17) is 11.6 Å². The summed E-state index contributed by atoms with van der Waals surface area (Å²) in [6.45, 7) is 7.14. The van der Waals surface area contributed by atoms with E-state index in [1.165, 1.54) is 11.1 Å². The number of aryl methyl sites for hydroxylation is 1. The number of nitrogens with zero attached hydrogens (tertiary/aromatic N) is 3. The van der Waals surface area contributed by atoms with Gasteiger partial charge < -0.3 is 0 Å². The van der Waals surface area contributed by atoms with Crippen molar-refractivity contribution in [2.24, 2.45) is 5.10 Å². The third-order valence-electron chi connectivity index (χ3n) is 4.61. The first-order chi connectivity index (χ1) is 13.1. The highest BCUT2D eigenvalue weighted by Crippen LogP contribution is 2.10. The molecule has 5 nitrogen and oxygen atoms in total. The summed E-state index contributed by atoms with van der Waals surface area (Å²) in [7, 11) is 0. The number of halogens is 1. The summed E-state index contributed by atoms with van der Waals surface area (Å²) >= 11 is 5.93. The SMILES string of the molecule is Cc1ccc(CN2CCN(CC(=O)N/N=C\c3cccc(Cl)c3)CC2)cc1. The Morgan fingerprint density at radius 2 is 1.81 bits per heavy atom. The molecular formula is C21H25ClN4O. The maximum absolute atomic E-state index is 12.1. The molecule has 3 rings (SSSR count). The van der Waals surface area contributed by atoms with E-state index >= 15 is 0 Å².